The van der Waals surface area contributed by atoms with Crippen LogP contribution in [0.15, 0.2) is 15.7 Å². The third-order valence-corrected chi connectivity index (χ3v) is 6.79. The fourth-order valence-corrected chi connectivity index (χ4v) is 5.02. The first-order chi connectivity index (χ1) is 13.9. The number of nitrogens with one attached hydrogen (secondary N) is 1. The Kier molecular flexibility index (Phi) is 4.05. The highest BCUT2D eigenvalue weighted by Gasteiger charge is 2.57. The van der Waals surface area contributed by atoms with Crippen LogP contribution in [0.25, 0.3) is 10.9 Å². The Bertz CT molecular complexity index is 1100. The topological polar surface area (TPSA) is 108 Å². The highest BCUT2D eigenvalue weighted by atomic mass is 19.1. The number of nitrogens with zero attached hydrogens (tertiary/aromatic N) is 2. The van der Waals surface area contributed by atoms with Crippen molar-refractivity contribution in [2.24, 2.45) is 11.3 Å². The van der Waals surface area contributed by atoms with E-state index in [-0.39, 0.29) is 40.8 Å². The van der Waals surface area contributed by atoms with E-state index < -0.39 is 23.2 Å². The van der Waals surface area contributed by atoms with Gasteiger partial charge >= 0.3 is 5.69 Å². The van der Waals surface area contributed by atoms with Crippen LogP contribution in [0.1, 0.15) is 31.7 Å². The molecule has 2 aromatic rings. The van der Waals surface area contributed by atoms with Gasteiger partial charge in [0.15, 0.2) is 11.6 Å². The van der Waals surface area contributed by atoms with E-state index in [0.717, 1.165) is 25.7 Å². The maximum Gasteiger partial charge on any atom is 0.329 e. The summed E-state index contributed by atoms with van der Waals surface area (Å²) in [5.74, 6) is -0.599. The first kappa shape index (κ1) is 18.6. The Morgan fingerprint density at radius 3 is 2.69 bits per heavy atom. The van der Waals surface area contributed by atoms with Crippen LogP contribution in [0.3, 0.4) is 0 Å². The van der Waals surface area contributed by atoms with Gasteiger partial charge in [-0.15, -0.1) is 0 Å². The molecule has 1 saturated heterocycles. The molecule has 1 aromatic heterocycles. The van der Waals surface area contributed by atoms with Crippen LogP contribution in [0.5, 0.6) is 5.75 Å². The molecule has 3 fully saturated rings. The van der Waals surface area contributed by atoms with Crippen molar-refractivity contribution in [3.05, 3.63) is 32.7 Å². The highest BCUT2D eigenvalue weighted by molar-refractivity contribution is 5.91. The number of aliphatic hydroxyl groups excluding tert-OH is 2. The minimum atomic E-state index is -0.871. The summed E-state index contributed by atoms with van der Waals surface area (Å²) >= 11 is 0. The molecule has 3 aliphatic rings. The number of fused-ring (bicyclic) bond motifs is 1. The molecule has 1 spiro atoms. The summed E-state index contributed by atoms with van der Waals surface area (Å²) in [6, 6.07) is 1.13. The quantitative estimate of drug-likeness (QED) is 0.677. The average molecular weight is 405 g/mol. The molecule has 2 heterocycles. The second-order valence-electron chi connectivity index (χ2n) is 8.60. The number of methoxy groups -OCH3 is 1. The number of rotatable bonds is 5. The van der Waals surface area contributed by atoms with E-state index in [4.69, 9.17) is 4.74 Å². The molecule has 9 heteroatoms. The summed E-state index contributed by atoms with van der Waals surface area (Å²) in [5, 5.41) is 19.8. The van der Waals surface area contributed by atoms with Gasteiger partial charge in [0.1, 0.15) is 11.2 Å². The van der Waals surface area contributed by atoms with E-state index >= 15 is 4.39 Å². The van der Waals surface area contributed by atoms with Crippen LogP contribution >= 0.6 is 0 Å². The van der Waals surface area contributed by atoms with Gasteiger partial charge in [0.25, 0.3) is 5.56 Å². The van der Waals surface area contributed by atoms with Crippen molar-refractivity contribution in [2.75, 3.05) is 31.7 Å². The lowest BCUT2D eigenvalue weighted by atomic mass is 9.88. The Morgan fingerprint density at radius 1 is 1.38 bits per heavy atom. The number of ether oxygens (including phenoxy) is 1. The number of halogens is 1. The van der Waals surface area contributed by atoms with Crippen molar-refractivity contribution >= 4 is 16.6 Å². The van der Waals surface area contributed by atoms with Gasteiger partial charge < -0.3 is 19.8 Å². The molecule has 0 radical (unpaired) electrons. The summed E-state index contributed by atoms with van der Waals surface area (Å²) in [6.07, 6.45) is 2.58. The lowest BCUT2D eigenvalue weighted by molar-refractivity contribution is 0.0335. The molecule has 0 amide bonds. The zero-order valence-electron chi connectivity index (χ0n) is 16.2. The molecule has 1 aromatic carbocycles. The molecular weight excluding hydrogens is 381 g/mol. The summed E-state index contributed by atoms with van der Waals surface area (Å²) in [6.45, 7) is 0.565. The molecule has 0 bridgehead atoms. The van der Waals surface area contributed by atoms with Crippen molar-refractivity contribution in [1.82, 2.24) is 9.55 Å². The maximum absolute atomic E-state index is 15.3. The molecule has 156 valence electrons. The molecule has 8 nitrogen and oxygen atoms in total. The Labute approximate surface area is 165 Å². The molecule has 2 aliphatic carbocycles. The van der Waals surface area contributed by atoms with Crippen LogP contribution in [-0.2, 0) is 0 Å². The van der Waals surface area contributed by atoms with E-state index in [0.29, 0.717) is 18.6 Å². The van der Waals surface area contributed by atoms with Gasteiger partial charge in [-0.25, -0.2) is 9.18 Å². The number of aromatic nitrogens is 2. The van der Waals surface area contributed by atoms with E-state index in [1.54, 1.807) is 0 Å². The van der Waals surface area contributed by atoms with Gasteiger partial charge in [0.05, 0.1) is 25.2 Å². The number of anilines is 1. The third kappa shape index (κ3) is 2.71. The zero-order chi connectivity index (χ0) is 20.5. The second-order valence-corrected chi connectivity index (χ2v) is 8.60. The third-order valence-electron chi connectivity index (χ3n) is 6.79. The molecule has 29 heavy (non-hydrogen) atoms. The summed E-state index contributed by atoms with van der Waals surface area (Å²) in [5.41, 5.74) is -0.776. The first-order valence-corrected chi connectivity index (χ1v) is 9.99. The SMILES string of the molecule is COc1c(N2CC(C(O)CO)C3(CC3)C2)c(F)cc2c(=O)[nH]c(=O)n(C3CC3)c12. The number of hydrogen-bond acceptors (Lipinski definition) is 6. The Hall–Kier alpha value is -2.39. The molecule has 1 aliphatic heterocycles. The maximum atomic E-state index is 15.3. The minimum absolute atomic E-state index is 0.0358. The van der Waals surface area contributed by atoms with Crippen molar-refractivity contribution in [1.29, 1.82) is 0 Å². The van der Waals surface area contributed by atoms with E-state index in [1.165, 1.54) is 17.7 Å². The number of aliphatic hydroxyl groups is 2. The summed E-state index contributed by atoms with van der Waals surface area (Å²) in [4.78, 5) is 29.0. The van der Waals surface area contributed by atoms with Gasteiger partial charge in [-0.05, 0) is 37.2 Å². The highest BCUT2D eigenvalue weighted by Crippen LogP contribution is 2.59. The summed E-state index contributed by atoms with van der Waals surface area (Å²) < 4.78 is 22.3. The normalized spacial score (nSPS) is 23.7. The Morgan fingerprint density at radius 2 is 2.10 bits per heavy atom. The predicted molar refractivity (Wildman–Crippen MR) is 104 cm³/mol. The van der Waals surface area contributed by atoms with Gasteiger partial charge in [-0.3, -0.25) is 14.3 Å². The number of benzene rings is 1. The van der Waals surface area contributed by atoms with Crippen molar-refractivity contribution in [3.63, 3.8) is 0 Å². The van der Waals surface area contributed by atoms with Gasteiger partial charge in [-0.1, -0.05) is 0 Å². The molecule has 5 rings (SSSR count). The largest absolute Gasteiger partial charge is 0.492 e. The fraction of sp³-hybridized carbons (Fsp3) is 0.600. The van der Waals surface area contributed by atoms with Crippen LogP contribution in [0.2, 0.25) is 0 Å². The van der Waals surface area contributed by atoms with E-state index in [9.17, 15) is 19.8 Å². The van der Waals surface area contributed by atoms with Crippen molar-refractivity contribution in [3.8, 4) is 5.75 Å². The van der Waals surface area contributed by atoms with Crippen LogP contribution in [-0.4, -0.2) is 52.7 Å². The van der Waals surface area contributed by atoms with Gasteiger partial charge in [0.2, 0.25) is 0 Å². The zero-order valence-corrected chi connectivity index (χ0v) is 16.2. The standard InChI is InChI=1S/C20H24FN3O5/c1-29-17-15-11(18(27)22-19(28)24(15)10-2-3-10)6-13(21)16(17)23-7-12(14(26)8-25)20(9-23)4-5-20/h6,10,12,14,25-26H,2-5,7-9H2,1H3,(H,22,27,28). The van der Waals surface area contributed by atoms with Crippen molar-refractivity contribution in [2.45, 2.75) is 37.8 Å². The number of H-pyrrole nitrogens is 1. The average Bonchev–Trinajstić information content (AvgIpc) is 3.60. The number of aromatic amines is 1. The molecule has 3 N–H and O–H groups in total. The predicted octanol–water partition coefficient (Wildman–Crippen LogP) is 0.742. The second kappa shape index (κ2) is 6.30. The lowest BCUT2D eigenvalue weighted by Crippen LogP contribution is -2.32. The molecule has 2 atom stereocenters. The van der Waals surface area contributed by atoms with Gasteiger partial charge in [0, 0.05) is 25.0 Å². The van der Waals surface area contributed by atoms with E-state index in [2.05, 4.69) is 4.98 Å². The summed E-state index contributed by atoms with van der Waals surface area (Å²) in [7, 11) is 1.41. The van der Waals surface area contributed by atoms with Crippen molar-refractivity contribution < 1.29 is 19.3 Å². The number of hydrogen-bond donors (Lipinski definition) is 3. The smallest absolute Gasteiger partial charge is 0.329 e. The molecular formula is C20H24FN3O5. The van der Waals surface area contributed by atoms with Crippen LogP contribution in [0, 0.1) is 17.2 Å². The van der Waals surface area contributed by atoms with Gasteiger partial charge in [-0.2, -0.15) is 0 Å². The lowest BCUT2D eigenvalue weighted by Gasteiger charge is -2.24. The first-order valence-electron chi connectivity index (χ1n) is 9.99. The van der Waals surface area contributed by atoms with Crippen LogP contribution in [0.4, 0.5) is 10.1 Å². The Balaban J connectivity index is 1.71. The van der Waals surface area contributed by atoms with Crippen LogP contribution < -0.4 is 20.9 Å². The monoisotopic (exact) mass is 405 g/mol. The fourth-order valence-electron chi connectivity index (χ4n) is 5.02. The molecule has 2 saturated carbocycles. The minimum Gasteiger partial charge on any atom is -0.492 e. The molecule has 2 unspecified atom stereocenters. The van der Waals surface area contributed by atoms with E-state index in [1.807, 2.05) is 4.90 Å².